The van der Waals surface area contributed by atoms with E-state index in [1.165, 1.54) is 18.1 Å². The van der Waals surface area contributed by atoms with Crippen LogP contribution in [0, 0.1) is 5.82 Å². The maximum absolute atomic E-state index is 14.3. The zero-order valence-electron chi connectivity index (χ0n) is 14.9. The first kappa shape index (κ1) is 20.4. The van der Waals surface area contributed by atoms with Crippen LogP contribution in [0.25, 0.3) is 0 Å². The van der Waals surface area contributed by atoms with Gasteiger partial charge >= 0.3 is 6.09 Å². The Labute approximate surface area is 158 Å². The molecule has 26 heavy (non-hydrogen) atoms. The molecule has 1 saturated heterocycles. The minimum Gasteiger partial charge on any atom is -0.496 e. The van der Waals surface area contributed by atoms with Crippen molar-refractivity contribution in [1.29, 1.82) is 0 Å². The van der Waals surface area contributed by atoms with Gasteiger partial charge in [-0.15, -0.1) is 0 Å². The molecule has 2 amide bonds. The van der Waals surface area contributed by atoms with Crippen LogP contribution in [-0.2, 0) is 4.74 Å². The van der Waals surface area contributed by atoms with Crippen molar-refractivity contribution in [3.8, 4) is 5.75 Å². The quantitative estimate of drug-likeness (QED) is 0.792. The molecule has 1 fully saturated rings. The first-order chi connectivity index (χ1) is 12.0. The third-order valence-corrected chi connectivity index (χ3v) is 4.31. The van der Waals surface area contributed by atoms with Crippen LogP contribution in [-0.4, -0.2) is 54.9 Å². The van der Waals surface area contributed by atoms with Crippen molar-refractivity contribution in [3.63, 3.8) is 0 Å². The summed E-state index contributed by atoms with van der Waals surface area (Å²) < 4.78 is 38.2. The molecular formula is C17H21BrF2N2O4. The van der Waals surface area contributed by atoms with E-state index in [4.69, 9.17) is 9.47 Å². The minimum absolute atomic E-state index is 0.0213. The fourth-order valence-corrected chi connectivity index (χ4v) is 2.84. The minimum atomic E-state index is -1.44. The second-order valence-corrected chi connectivity index (χ2v) is 7.80. The lowest BCUT2D eigenvalue weighted by Crippen LogP contribution is -2.42. The predicted octanol–water partition coefficient (Wildman–Crippen LogP) is 3.28. The molecule has 6 nitrogen and oxygen atoms in total. The van der Waals surface area contributed by atoms with Gasteiger partial charge in [-0.05, 0) is 42.8 Å². The zero-order chi connectivity index (χ0) is 19.6. The van der Waals surface area contributed by atoms with Crippen LogP contribution in [0.3, 0.4) is 0 Å². The van der Waals surface area contributed by atoms with E-state index in [0.717, 1.165) is 6.07 Å². The van der Waals surface area contributed by atoms with Crippen LogP contribution in [0.5, 0.6) is 5.75 Å². The lowest BCUT2D eigenvalue weighted by Gasteiger charge is -2.24. The van der Waals surface area contributed by atoms with E-state index in [1.54, 1.807) is 20.8 Å². The summed E-state index contributed by atoms with van der Waals surface area (Å²) in [6, 6.07) is 1.42. The molecule has 1 aliphatic heterocycles. The van der Waals surface area contributed by atoms with Crippen molar-refractivity contribution in [3.05, 3.63) is 28.0 Å². The molecule has 1 N–H and O–H groups in total. The van der Waals surface area contributed by atoms with Crippen molar-refractivity contribution < 1.29 is 27.8 Å². The van der Waals surface area contributed by atoms with Gasteiger partial charge < -0.3 is 19.7 Å². The summed E-state index contributed by atoms with van der Waals surface area (Å²) in [6.07, 6.45) is -2.08. The highest BCUT2D eigenvalue weighted by atomic mass is 79.9. The smallest absolute Gasteiger partial charge is 0.410 e. The average molecular weight is 435 g/mol. The Morgan fingerprint density at radius 3 is 2.54 bits per heavy atom. The van der Waals surface area contributed by atoms with Gasteiger partial charge in [-0.25, -0.2) is 13.6 Å². The zero-order valence-corrected chi connectivity index (χ0v) is 16.5. The van der Waals surface area contributed by atoms with Gasteiger partial charge in [0.15, 0.2) is 0 Å². The molecule has 2 atom stereocenters. The standard InChI is InChI=1S/C17H21BrF2N2O4/c1-17(2,3)26-16(24)22-7-12(20)13(8-22)21-15(23)9-5-10(18)11(19)6-14(9)25-4/h5-6,12-13H,7-8H2,1-4H3,(H,21,23)/t12-,13+/m0/s1. The van der Waals surface area contributed by atoms with Crippen molar-refractivity contribution >= 4 is 27.9 Å². The molecule has 0 spiro atoms. The maximum Gasteiger partial charge on any atom is 0.410 e. The van der Waals surface area contributed by atoms with E-state index in [1.807, 2.05) is 0 Å². The van der Waals surface area contributed by atoms with Crippen molar-refractivity contribution in [2.75, 3.05) is 20.2 Å². The Morgan fingerprint density at radius 2 is 1.96 bits per heavy atom. The molecule has 0 aromatic heterocycles. The Hall–Kier alpha value is -1.90. The van der Waals surface area contributed by atoms with Crippen molar-refractivity contribution in [1.82, 2.24) is 10.2 Å². The highest BCUT2D eigenvalue weighted by Gasteiger charge is 2.38. The number of ether oxygens (including phenoxy) is 2. The van der Waals surface area contributed by atoms with E-state index >= 15 is 0 Å². The third-order valence-electron chi connectivity index (χ3n) is 3.70. The first-order valence-electron chi connectivity index (χ1n) is 7.97. The van der Waals surface area contributed by atoms with Gasteiger partial charge in [-0.3, -0.25) is 4.79 Å². The number of carbonyl (C=O) groups excluding carboxylic acids is 2. The molecule has 1 aliphatic rings. The Bertz CT molecular complexity index is 709. The lowest BCUT2D eigenvalue weighted by atomic mass is 10.1. The van der Waals surface area contributed by atoms with E-state index in [9.17, 15) is 18.4 Å². The molecule has 0 saturated carbocycles. The second-order valence-electron chi connectivity index (χ2n) is 6.95. The summed E-state index contributed by atoms with van der Waals surface area (Å²) in [7, 11) is 1.30. The van der Waals surface area contributed by atoms with Crippen molar-refractivity contribution in [2.24, 2.45) is 0 Å². The summed E-state index contributed by atoms with van der Waals surface area (Å²) in [6.45, 7) is 4.94. The monoisotopic (exact) mass is 434 g/mol. The van der Waals surface area contributed by atoms with E-state index in [2.05, 4.69) is 21.2 Å². The van der Waals surface area contributed by atoms with Crippen LogP contribution in [0.2, 0.25) is 0 Å². The Morgan fingerprint density at radius 1 is 1.31 bits per heavy atom. The lowest BCUT2D eigenvalue weighted by molar-refractivity contribution is 0.0281. The molecule has 1 aromatic rings. The first-order valence-corrected chi connectivity index (χ1v) is 8.77. The summed E-state index contributed by atoms with van der Waals surface area (Å²) in [5, 5.41) is 2.53. The van der Waals surface area contributed by atoms with Crippen LogP contribution >= 0.6 is 15.9 Å². The van der Waals surface area contributed by atoms with Gasteiger partial charge in [-0.1, -0.05) is 0 Å². The number of nitrogens with one attached hydrogen (secondary N) is 1. The van der Waals surface area contributed by atoms with Crippen LogP contribution in [0.15, 0.2) is 16.6 Å². The SMILES string of the molecule is COc1cc(F)c(Br)cc1C(=O)N[C@@H]1CN(C(=O)OC(C)(C)C)C[C@@H]1F. The molecule has 144 valence electrons. The van der Waals surface area contributed by atoms with Crippen molar-refractivity contribution in [2.45, 2.75) is 38.6 Å². The number of hydrogen-bond acceptors (Lipinski definition) is 4. The van der Waals surface area contributed by atoms with Gasteiger partial charge in [0.1, 0.15) is 23.3 Å². The molecule has 0 radical (unpaired) electrons. The number of nitrogens with zero attached hydrogens (tertiary/aromatic N) is 1. The summed E-state index contributed by atoms with van der Waals surface area (Å²) >= 11 is 3.00. The molecule has 9 heteroatoms. The van der Waals surface area contributed by atoms with Gasteiger partial charge in [-0.2, -0.15) is 0 Å². The van der Waals surface area contributed by atoms with E-state index < -0.39 is 35.6 Å². The molecular weight excluding hydrogens is 414 g/mol. The average Bonchev–Trinajstić information content (AvgIpc) is 2.89. The molecule has 2 rings (SSSR count). The number of hydrogen-bond donors (Lipinski definition) is 1. The second kappa shape index (κ2) is 7.77. The van der Waals surface area contributed by atoms with Gasteiger partial charge in [0.25, 0.3) is 5.91 Å². The predicted molar refractivity (Wildman–Crippen MR) is 94.6 cm³/mol. The van der Waals surface area contributed by atoms with Gasteiger partial charge in [0.05, 0.1) is 29.7 Å². The number of rotatable bonds is 3. The number of halogens is 3. The Kier molecular flexibility index (Phi) is 6.10. The topological polar surface area (TPSA) is 67.9 Å². The summed E-state index contributed by atoms with van der Waals surface area (Å²) in [4.78, 5) is 25.7. The van der Waals surface area contributed by atoms with Crippen LogP contribution < -0.4 is 10.1 Å². The third kappa shape index (κ3) is 4.84. The number of amides is 2. The fourth-order valence-electron chi connectivity index (χ4n) is 2.50. The van der Waals surface area contributed by atoms with E-state index in [-0.39, 0.29) is 28.9 Å². The molecule has 0 bridgehead atoms. The molecule has 1 aromatic carbocycles. The van der Waals surface area contributed by atoms with Crippen LogP contribution in [0.1, 0.15) is 31.1 Å². The molecule has 0 unspecified atom stereocenters. The molecule has 1 heterocycles. The largest absolute Gasteiger partial charge is 0.496 e. The van der Waals surface area contributed by atoms with E-state index in [0.29, 0.717) is 0 Å². The van der Waals surface area contributed by atoms with Gasteiger partial charge in [0, 0.05) is 12.6 Å². The highest BCUT2D eigenvalue weighted by Crippen LogP contribution is 2.27. The summed E-state index contributed by atoms with van der Waals surface area (Å²) in [5.41, 5.74) is -0.637. The molecule has 0 aliphatic carbocycles. The number of carbonyl (C=O) groups is 2. The highest BCUT2D eigenvalue weighted by molar-refractivity contribution is 9.10. The number of likely N-dealkylation sites (tertiary alicyclic amines) is 1. The number of benzene rings is 1. The summed E-state index contributed by atoms with van der Waals surface area (Å²) in [5.74, 6) is -1.18. The van der Waals surface area contributed by atoms with Crippen LogP contribution in [0.4, 0.5) is 13.6 Å². The normalized spacial score (nSPS) is 20.0. The number of alkyl halides is 1. The fraction of sp³-hybridized carbons (Fsp3) is 0.529. The Balaban J connectivity index is 2.08. The van der Waals surface area contributed by atoms with Gasteiger partial charge in [0.2, 0.25) is 0 Å². The number of methoxy groups -OCH3 is 1. The maximum atomic E-state index is 14.3.